The number of nitrogens with one attached hydrogen (secondary N) is 1. The van der Waals surface area contributed by atoms with Crippen molar-refractivity contribution in [2.45, 2.75) is 39.5 Å². The zero-order valence-electron chi connectivity index (χ0n) is 16.0. The molecular formula is C21H24FNO4S. The minimum Gasteiger partial charge on any atom is -0.490 e. The maximum atomic E-state index is 13.6. The maximum absolute atomic E-state index is 13.6. The molecule has 0 bridgehead atoms. The fourth-order valence-electron chi connectivity index (χ4n) is 3.26. The highest BCUT2D eigenvalue weighted by Gasteiger charge is 2.29. The first-order chi connectivity index (χ1) is 13.5. The summed E-state index contributed by atoms with van der Waals surface area (Å²) < 4.78 is 24.1. The number of fused-ring (bicyclic) bond motifs is 1. The van der Waals surface area contributed by atoms with E-state index >= 15 is 0 Å². The molecule has 0 saturated carbocycles. The normalized spacial score (nSPS) is 15.6. The van der Waals surface area contributed by atoms with Crippen molar-refractivity contribution < 1.29 is 23.5 Å². The van der Waals surface area contributed by atoms with E-state index in [0.717, 1.165) is 29.7 Å². The van der Waals surface area contributed by atoms with Crippen molar-refractivity contribution in [1.82, 2.24) is 0 Å². The molecule has 0 spiro atoms. The molecule has 0 radical (unpaired) electrons. The smallest absolute Gasteiger partial charge is 0.341 e. The Morgan fingerprint density at radius 1 is 1.32 bits per heavy atom. The van der Waals surface area contributed by atoms with Crippen LogP contribution in [0.25, 0.3) is 0 Å². The molecule has 2 aromatic rings. The van der Waals surface area contributed by atoms with Gasteiger partial charge in [-0.1, -0.05) is 19.1 Å². The second-order valence-corrected chi connectivity index (χ2v) is 7.96. The molecule has 1 heterocycles. The molecule has 1 aromatic carbocycles. The van der Waals surface area contributed by atoms with E-state index < -0.39 is 11.8 Å². The van der Waals surface area contributed by atoms with Gasteiger partial charge < -0.3 is 14.8 Å². The zero-order chi connectivity index (χ0) is 20.1. The van der Waals surface area contributed by atoms with Crippen molar-refractivity contribution in [2.24, 2.45) is 5.92 Å². The monoisotopic (exact) mass is 405 g/mol. The van der Waals surface area contributed by atoms with E-state index in [2.05, 4.69) is 12.2 Å². The van der Waals surface area contributed by atoms with Gasteiger partial charge in [-0.25, -0.2) is 9.18 Å². The van der Waals surface area contributed by atoms with Crippen LogP contribution in [0.15, 0.2) is 24.3 Å². The van der Waals surface area contributed by atoms with E-state index in [4.69, 9.17) is 9.47 Å². The van der Waals surface area contributed by atoms with Crippen LogP contribution in [0, 0.1) is 11.7 Å². The Kier molecular flexibility index (Phi) is 6.67. The van der Waals surface area contributed by atoms with Gasteiger partial charge in [0.05, 0.1) is 25.2 Å². The second-order valence-electron chi connectivity index (χ2n) is 6.85. The number of para-hydroxylation sites is 1. The van der Waals surface area contributed by atoms with Crippen LogP contribution in [-0.2, 0) is 22.4 Å². The number of amides is 1. The van der Waals surface area contributed by atoms with Gasteiger partial charge in [0.25, 0.3) is 0 Å². The molecule has 5 nitrogen and oxygen atoms in total. The van der Waals surface area contributed by atoms with Gasteiger partial charge in [0.15, 0.2) is 11.6 Å². The standard InChI is InChI=1S/C21H24FNO4S/c1-3-26-21(25)19-14-9-8-13(2)12-17(14)28-20(19)23-18(24)10-11-27-16-7-5-4-6-15(16)22/h4-7,13H,3,8-12H2,1-2H3,(H,23,24). The van der Waals surface area contributed by atoms with E-state index in [1.54, 1.807) is 19.1 Å². The van der Waals surface area contributed by atoms with E-state index in [9.17, 15) is 14.0 Å². The van der Waals surface area contributed by atoms with E-state index in [1.165, 1.54) is 23.5 Å². The average Bonchev–Trinajstić information content (AvgIpc) is 3.00. The third-order valence-corrected chi connectivity index (χ3v) is 5.84. The van der Waals surface area contributed by atoms with Crippen LogP contribution in [0.3, 0.4) is 0 Å². The third-order valence-electron chi connectivity index (χ3n) is 4.67. The van der Waals surface area contributed by atoms with Crippen molar-refractivity contribution >= 4 is 28.2 Å². The van der Waals surface area contributed by atoms with Crippen molar-refractivity contribution in [2.75, 3.05) is 18.5 Å². The first kappa shape index (κ1) is 20.3. The molecule has 7 heteroatoms. The molecule has 0 aliphatic heterocycles. The van der Waals surface area contributed by atoms with Crippen LogP contribution < -0.4 is 10.1 Å². The lowest BCUT2D eigenvalue weighted by molar-refractivity contribution is -0.116. The SMILES string of the molecule is CCOC(=O)c1c(NC(=O)CCOc2ccccc2F)sc2c1CCC(C)C2. The minimum atomic E-state index is -0.465. The van der Waals surface area contributed by atoms with Crippen LogP contribution in [0.5, 0.6) is 5.75 Å². The Bertz CT molecular complexity index is 864. The summed E-state index contributed by atoms with van der Waals surface area (Å²) in [6, 6.07) is 6.06. The summed E-state index contributed by atoms with van der Waals surface area (Å²) in [7, 11) is 0. The molecule has 1 amide bonds. The van der Waals surface area contributed by atoms with Crippen LogP contribution in [0.2, 0.25) is 0 Å². The van der Waals surface area contributed by atoms with Gasteiger partial charge in [0.2, 0.25) is 5.91 Å². The van der Waals surface area contributed by atoms with Crippen LogP contribution in [0.1, 0.15) is 47.5 Å². The molecule has 0 fully saturated rings. The summed E-state index contributed by atoms with van der Waals surface area (Å²) in [5, 5.41) is 3.36. The summed E-state index contributed by atoms with van der Waals surface area (Å²) >= 11 is 1.45. The van der Waals surface area contributed by atoms with Crippen LogP contribution >= 0.6 is 11.3 Å². The molecule has 1 aliphatic rings. The maximum Gasteiger partial charge on any atom is 0.341 e. The van der Waals surface area contributed by atoms with E-state index in [0.29, 0.717) is 16.5 Å². The number of carbonyl (C=O) groups excluding carboxylic acids is 2. The van der Waals surface area contributed by atoms with E-state index in [-0.39, 0.29) is 31.3 Å². The Morgan fingerprint density at radius 2 is 2.11 bits per heavy atom. The molecule has 1 aliphatic carbocycles. The molecule has 150 valence electrons. The van der Waals surface area contributed by atoms with Gasteiger partial charge in [-0.3, -0.25) is 4.79 Å². The highest BCUT2D eigenvalue weighted by Crippen LogP contribution is 2.40. The highest BCUT2D eigenvalue weighted by atomic mass is 32.1. The summed E-state index contributed by atoms with van der Waals surface area (Å²) in [5.74, 6) is -0.476. The lowest BCUT2D eigenvalue weighted by Gasteiger charge is -2.18. The number of hydrogen-bond acceptors (Lipinski definition) is 5. The van der Waals surface area contributed by atoms with Gasteiger partial charge in [-0.15, -0.1) is 11.3 Å². The van der Waals surface area contributed by atoms with Crippen molar-refractivity contribution in [3.05, 3.63) is 46.1 Å². The first-order valence-electron chi connectivity index (χ1n) is 9.48. The van der Waals surface area contributed by atoms with Gasteiger partial charge in [0, 0.05) is 4.88 Å². The molecule has 1 N–H and O–H groups in total. The van der Waals surface area contributed by atoms with Gasteiger partial charge in [0.1, 0.15) is 5.00 Å². The molecule has 1 unspecified atom stereocenters. The minimum absolute atomic E-state index is 0.0453. The lowest BCUT2D eigenvalue weighted by atomic mass is 9.88. The predicted molar refractivity (Wildman–Crippen MR) is 107 cm³/mol. The number of anilines is 1. The fraction of sp³-hybridized carbons (Fsp3) is 0.429. The van der Waals surface area contributed by atoms with E-state index in [1.807, 2.05) is 0 Å². The molecule has 28 heavy (non-hydrogen) atoms. The third kappa shape index (κ3) is 4.70. The number of hydrogen-bond donors (Lipinski definition) is 1. The topological polar surface area (TPSA) is 64.6 Å². The zero-order valence-corrected chi connectivity index (χ0v) is 16.9. The number of esters is 1. The number of carbonyl (C=O) groups is 2. The van der Waals surface area contributed by atoms with Crippen molar-refractivity contribution in [3.8, 4) is 5.75 Å². The Hall–Kier alpha value is -2.41. The largest absolute Gasteiger partial charge is 0.490 e. The van der Waals surface area contributed by atoms with Crippen molar-refractivity contribution in [1.29, 1.82) is 0 Å². The fourth-order valence-corrected chi connectivity index (χ4v) is 4.68. The number of benzene rings is 1. The second kappa shape index (κ2) is 9.19. The Labute approximate surface area is 167 Å². The summed E-state index contributed by atoms with van der Waals surface area (Å²) in [5.41, 5.74) is 1.48. The lowest BCUT2D eigenvalue weighted by Crippen LogP contribution is -2.18. The van der Waals surface area contributed by atoms with Gasteiger partial charge in [-0.05, 0) is 49.8 Å². The predicted octanol–water partition coefficient (Wildman–Crippen LogP) is 4.60. The van der Waals surface area contributed by atoms with Gasteiger partial charge in [-0.2, -0.15) is 0 Å². The summed E-state index contributed by atoms with van der Waals surface area (Å²) in [4.78, 5) is 26.0. The van der Waals surface area contributed by atoms with Crippen molar-refractivity contribution in [3.63, 3.8) is 0 Å². The quantitative estimate of drug-likeness (QED) is 0.684. The molecule has 1 aromatic heterocycles. The van der Waals surface area contributed by atoms with Crippen LogP contribution in [-0.4, -0.2) is 25.1 Å². The molecule has 0 saturated heterocycles. The first-order valence-corrected chi connectivity index (χ1v) is 10.3. The molecular weight excluding hydrogens is 381 g/mol. The number of halogens is 1. The molecule has 3 rings (SSSR count). The number of thiophene rings is 1. The highest BCUT2D eigenvalue weighted by molar-refractivity contribution is 7.17. The van der Waals surface area contributed by atoms with Gasteiger partial charge >= 0.3 is 5.97 Å². The Balaban J connectivity index is 1.68. The Morgan fingerprint density at radius 3 is 2.86 bits per heavy atom. The van der Waals surface area contributed by atoms with Crippen LogP contribution in [0.4, 0.5) is 9.39 Å². The number of rotatable bonds is 7. The average molecular weight is 405 g/mol. The number of ether oxygens (including phenoxy) is 2. The molecule has 1 atom stereocenters. The summed E-state index contributed by atoms with van der Waals surface area (Å²) in [6.07, 6.45) is 2.78. The summed E-state index contributed by atoms with van der Waals surface area (Å²) in [6.45, 7) is 4.27.